The molecule has 3 nitrogen and oxygen atoms in total. The van der Waals surface area contributed by atoms with Crippen LogP contribution >= 0.6 is 15.9 Å². The van der Waals surface area contributed by atoms with Crippen molar-refractivity contribution in [1.29, 1.82) is 0 Å². The molecule has 0 radical (unpaired) electrons. The largest absolute Gasteiger partial charge is 0.496 e. The molecule has 2 rings (SSSR count). The standard InChI is InChI=1S/C16H14BrNO2/c1-20-15-9-8-13(17)11-12(15)7-10-16(19)18-14-5-3-2-4-6-14/h2-11H,1H3,(H,18,19). The van der Waals surface area contributed by atoms with Gasteiger partial charge in [0, 0.05) is 21.8 Å². The first-order valence-corrected chi connectivity index (χ1v) is 6.86. The summed E-state index contributed by atoms with van der Waals surface area (Å²) in [7, 11) is 1.60. The number of benzene rings is 2. The van der Waals surface area contributed by atoms with E-state index in [1.165, 1.54) is 6.08 Å². The average molecular weight is 332 g/mol. The molecule has 0 heterocycles. The van der Waals surface area contributed by atoms with Crippen LogP contribution in [0.25, 0.3) is 6.08 Å². The molecule has 0 aliphatic heterocycles. The Balaban J connectivity index is 2.09. The number of rotatable bonds is 4. The van der Waals surface area contributed by atoms with Gasteiger partial charge in [-0.15, -0.1) is 0 Å². The molecule has 0 atom stereocenters. The molecule has 0 aliphatic rings. The van der Waals surface area contributed by atoms with Crippen molar-refractivity contribution in [1.82, 2.24) is 0 Å². The van der Waals surface area contributed by atoms with Crippen molar-refractivity contribution >= 4 is 33.6 Å². The fraction of sp³-hybridized carbons (Fsp3) is 0.0625. The lowest BCUT2D eigenvalue weighted by atomic mass is 10.2. The van der Waals surface area contributed by atoms with Gasteiger partial charge in [-0.3, -0.25) is 4.79 Å². The van der Waals surface area contributed by atoms with Crippen LogP contribution in [0.5, 0.6) is 5.75 Å². The zero-order valence-corrected chi connectivity index (χ0v) is 12.6. The molecule has 0 saturated carbocycles. The predicted octanol–water partition coefficient (Wildman–Crippen LogP) is 4.11. The second kappa shape index (κ2) is 6.91. The van der Waals surface area contributed by atoms with Crippen molar-refractivity contribution in [2.24, 2.45) is 0 Å². The summed E-state index contributed by atoms with van der Waals surface area (Å²) in [6.45, 7) is 0. The Morgan fingerprint density at radius 1 is 1.20 bits per heavy atom. The molecule has 0 unspecified atom stereocenters. The minimum Gasteiger partial charge on any atom is -0.496 e. The maximum atomic E-state index is 11.8. The summed E-state index contributed by atoms with van der Waals surface area (Å²) >= 11 is 3.40. The van der Waals surface area contributed by atoms with E-state index in [4.69, 9.17) is 4.74 Å². The molecular weight excluding hydrogens is 318 g/mol. The maximum Gasteiger partial charge on any atom is 0.248 e. The van der Waals surface area contributed by atoms with Gasteiger partial charge in [0.2, 0.25) is 5.91 Å². The van der Waals surface area contributed by atoms with Crippen molar-refractivity contribution in [2.75, 3.05) is 12.4 Å². The van der Waals surface area contributed by atoms with E-state index in [0.29, 0.717) is 0 Å². The van der Waals surface area contributed by atoms with Crippen LogP contribution in [-0.2, 0) is 4.79 Å². The van der Waals surface area contributed by atoms with Crippen LogP contribution in [0, 0.1) is 0 Å². The van der Waals surface area contributed by atoms with Crippen LogP contribution in [0.3, 0.4) is 0 Å². The average Bonchev–Trinajstić information content (AvgIpc) is 2.46. The van der Waals surface area contributed by atoms with E-state index in [1.807, 2.05) is 48.5 Å². The summed E-state index contributed by atoms with van der Waals surface area (Å²) in [5.41, 5.74) is 1.61. The highest BCUT2D eigenvalue weighted by molar-refractivity contribution is 9.10. The van der Waals surface area contributed by atoms with E-state index >= 15 is 0 Å². The number of hydrogen-bond acceptors (Lipinski definition) is 2. The number of carbonyl (C=O) groups excluding carboxylic acids is 1. The van der Waals surface area contributed by atoms with E-state index in [2.05, 4.69) is 21.2 Å². The molecule has 0 fully saturated rings. The molecule has 102 valence electrons. The minimum atomic E-state index is -0.182. The van der Waals surface area contributed by atoms with Crippen LogP contribution in [0.15, 0.2) is 59.1 Å². The van der Waals surface area contributed by atoms with Crippen LogP contribution in [0.1, 0.15) is 5.56 Å². The number of ether oxygens (including phenoxy) is 1. The number of amides is 1. The van der Waals surface area contributed by atoms with Crippen molar-refractivity contribution in [3.05, 3.63) is 64.6 Å². The first-order valence-electron chi connectivity index (χ1n) is 6.06. The lowest BCUT2D eigenvalue weighted by molar-refractivity contribution is -0.111. The van der Waals surface area contributed by atoms with Crippen LogP contribution in [0.2, 0.25) is 0 Å². The van der Waals surface area contributed by atoms with E-state index in [-0.39, 0.29) is 5.91 Å². The van der Waals surface area contributed by atoms with E-state index < -0.39 is 0 Å². The number of carbonyl (C=O) groups is 1. The Bertz CT molecular complexity index is 624. The monoisotopic (exact) mass is 331 g/mol. The van der Waals surface area contributed by atoms with Gasteiger partial charge in [-0.05, 0) is 36.4 Å². The lowest BCUT2D eigenvalue weighted by Crippen LogP contribution is -2.07. The van der Waals surface area contributed by atoms with Gasteiger partial charge < -0.3 is 10.1 Å². The fourth-order valence-corrected chi connectivity index (χ4v) is 2.09. The fourth-order valence-electron chi connectivity index (χ4n) is 1.71. The lowest BCUT2D eigenvalue weighted by Gasteiger charge is -2.05. The van der Waals surface area contributed by atoms with Gasteiger partial charge in [0.1, 0.15) is 5.75 Å². The maximum absolute atomic E-state index is 11.8. The Labute approximate surface area is 126 Å². The van der Waals surface area contributed by atoms with Gasteiger partial charge in [0.15, 0.2) is 0 Å². The highest BCUT2D eigenvalue weighted by atomic mass is 79.9. The van der Waals surface area contributed by atoms with Gasteiger partial charge in [-0.2, -0.15) is 0 Å². The molecule has 1 amide bonds. The van der Waals surface area contributed by atoms with Crippen LogP contribution < -0.4 is 10.1 Å². The number of para-hydroxylation sites is 1. The zero-order valence-electron chi connectivity index (χ0n) is 11.0. The first-order chi connectivity index (χ1) is 9.69. The Kier molecular flexibility index (Phi) is 4.96. The molecule has 4 heteroatoms. The number of hydrogen-bond donors (Lipinski definition) is 1. The SMILES string of the molecule is COc1ccc(Br)cc1C=CC(=O)Nc1ccccc1. The summed E-state index contributed by atoms with van der Waals surface area (Å²) in [6, 6.07) is 15.0. The number of methoxy groups -OCH3 is 1. The summed E-state index contributed by atoms with van der Waals surface area (Å²) < 4.78 is 6.18. The second-order valence-corrected chi connectivity index (χ2v) is 4.99. The first kappa shape index (κ1) is 14.3. The van der Waals surface area contributed by atoms with Crippen molar-refractivity contribution in [3.8, 4) is 5.75 Å². The molecular formula is C16H14BrNO2. The molecule has 1 N–H and O–H groups in total. The number of anilines is 1. The van der Waals surface area contributed by atoms with Crippen molar-refractivity contribution in [2.45, 2.75) is 0 Å². The molecule has 0 aromatic heterocycles. The quantitative estimate of drug-likeness (QED) is 0.856. The smallest absolute Gasteiger partial charge is 0.248 e. The highest BCUT2D eigenvalue weighted by Crippen LogP contribution is 2.24. The van der Waals surface area contributed by atoms with E-state index in [0.717, 1.165) is 21.5 Å². The third-order valence-electron chi connectivity index (χ3n) is 2.65. The topological polar surface area (TPSA) is 38.3 Å². The Hall–Kier alpha value is -2.07. The highest BCUT2D eigenvalue weighted by Gasteiger charge is 2.02. The number of halogens is 1. The van der Waals surface area contributed by atoms with Crippen molar-refractivity contribution < 1.29 is 9.53 Å². The molecule has 2 aromatic rings. The third kappa shape index (κ3) is 3.96. The van der Waals surface area contributed by atoms with Crippen molar-refractivity contribution in [3.63, 3.8) is 0 Å². The minimum absolute atomic E-state index is 0.182. The van der Waals surface area contributed by atoms with E-state index in [9.17, 15) is 4.79 Å². The molecule has 2 aromatic carbocycles. The molecule has 0 saturated heterocycles. The van der Waals surface area contributed by atoms with Crippen LogP contribution in [0.4, 0.5) is 5.69 Å². The van der Waals surface area contributed by atoms with Gasteiger partial charge in [-0.25, -0.2) is 0 Å². The van der Waals surface area contributed by atoms with Gasteiger partial charge in [-0.1, -0.05) is 34.1 Å². The Morgan fingerprint density at radius 2 is 1.95 bits per heavy atom. The normalized spacial score (nSPS) is 10.5. The van der Waals surface area contributed by atoms with Gasteiger partial charge in [0.05, 0.1) is 7.11 Å². The Morgan fingerprint density at radius 3 is 2.65 bits per heavy atom. The molecule has 0 bridgehead atoms. The number of nitrogens with one attached hydrogen (secondary N) is 1. The third-order valence-corrected chi connectivity index (χ3v) is 3.14. The zero-order chi connectivity index (χ0) is 14.4. The molecule has 0 aliphatic carbocycles. The predicted molar refractivity (Wildman–Crippen MR) is 84.8 cm³/mol. The summed E-state index contributed by atoms with van der Waals surface area (Å²) in [5, 5.41) is 2.79. The van der Waals surface area contributed by atoms with E-state index in [1.54, 1.807) is 13.2 Å². The molecule has 0 spiro atoms. The van der Waals surface area contributed by atoms with Crippen LogP contribution in [-0.4, -0.2) is 13.0 Å². The second-order valence-electron chi connectivity index (χ2n) is 4.07. The summed E-state index contributed by atoms with van der Waals surface area (Å²) in [4.78, 5) is 11.8. The molecule has 20 heavy (non-hydrogen) atoms. The van der Waals surface area contributed by atoms with Gasteiger partial charge in [0.25, 0.3) is 0 Å². The summed E-state index contributed by atoms with van der Waals surface area (Å²) in [5.74, 6) is 0.537. The van der Waals surface area contributed by atoms with Gasteiger partial charge >= 0.3 is 0 Å². The summed E-state index contributed by atoms with van der Waals surface area (Å²) in [6.07, 6.45) is 3.21.